The van der Waals surface area contributed by atoms with Crippen LogP contribution in [-0.2, 0) is 16.7 Å². The van der Waals surface area contributed by atoms with Crippen LogP contribution in [0.15, 0.2) is 24.3 Å². The van der Waals surface area contributed by atoms with Gasteiger partial charge in [0.25, 0.3) is 0 Å². The highest BCUT2D eigenvalue weighted by atomic mass is 16.5. The minimum absolute atomic E-state index is 0.0408. The Morgan fingerprint density at radius 1 is 1.28 bits per heavy atom. The Labute approximate surface area is 110 Å². The normalized spacial score (nSPS) is 33.6. The van der Waals surface area contributed by atoms with E-state index in [2.05, 4.69) is 38.1 Å². The van der Waals surface area contributed by atoms with Gasteiger partial charge in [-0.05, 0) is 57.1 Å². The summed E-state index contributed by atoms with van der Waals surface area (Å²) >= 11 is 0. The molecule has 1 heterocycles. The lowest BCUT2D eigenvalue weighted by Crippen LogP contribution is -2.38. The Morgan fingerprint density at radius 3 is 2.78 bits per heavy atom. The Balaban J connectivity index is 1.78. The molecule has 0 aromatic heterocycles. The van der Waals surface area contributed by atoms with Gasteiger partial charge < -0.3 is 10.5 Å². The zero-order valence-electron chi connectivity index (χ0n) is 11.4. The fraction of sp³-hybridized carbons (Fsp3) is 0.625. The van der Waals surface area contributed by atoms with E-state index < -0.39 is 0 Å². The minimum Gasteiger partial charge on any atom is -0.372 e. The van der Waals surface area contributed by atoms with Crippen LogP contribution >= 0.6 is 0 Å². The van der Waals surface area contributed by atoms with Gasteiger partial charge in [-0.25, -0.2) is 0 Å². The van der Waals surface area contributed by atoms with Crippen LogP contribution in [0.5, 0.6) is 0 Å². The third-order valence-electron chi connectivity index (χ3n) is 4.54. The first-order valence-electron chi connectivity index (χ1n) is 7.04. The lowest BCUT2D eigenvalue weighted by atomic mass is 9.86. The van der Waals surface area contributed by atoms with Crippen LogP contribution in [0.4, 0.5) is 0 Å². The third kappa shape index (κ3) is 2.08. The number of fused-ring (bicyclic) bond motifs is 1. The molecule has 1 saturated heterocycles. The van der Waals surface area contributed by atoms with Gasteiger partial charge in [-0.2, -0.15) is 0 Å². The lowest BCUT2D eigenvalue weighted by molar-refractivity contribution is -0.0272. The molecule has 1 aliphatic carbocycles. The highest BCUT2D eigenvalue weighted by molar-refractivity contribution is 5.38. The zero-order chi connectivity index (χ0) is 12.8. The monoisotopic (exact) mass is 245 g/mol. The molecule has 2 unspecified atom stereocenters. The molecule has 0 spiro atoms. The largest absolute Gasteiger partial charge is 0.372 e. The number of aryl methyl sites for hydroxylation is 1. The van der Waals surface area contributed by atoms with Crippen LogP contribution in [0.3, 0.4) is 0 Å². The second-order valence-corrected chi connectivity index (χ2v) is 6.56. The number of ether oxygens (including phenoxy) is 1. The highest BCUT2D eigenvalue weighted by Gasteiger charge is 2.40. The van der Waals surface area contributed by atoms with E-state index in [9.17, 15) is 0 Å². The molecular weight excluding hydrogens is 222 g/mol. The summed E-state index contributed by atoms with van der Waals surface area (Å²) in [4.78, 5) is 0. The molecule has 0 saturated carbocycles. The third-order valence-corrected chi connectivity index (χ3v) is 4.54. The fourth-order valence-corrected chi connectivity index (χ4v) is 3.56. The predicted molar refractivity (Wildman–Crippen MR) is 73.4 cm³/mol. The van der Waals surface area contributed by atoms with E-state index in [0.29, 0.717) is 6.10 Å². The molecule has 2 N–H and O–H groups in total. The SMILES string of the molecule is CC1(C)CCC(CC2(N)CCc3ccccc32)O1. The zero-order valence-corrected chi connectivity index (χ0v) is 11.4. The van der Waals surface area contributed by atoms with E-state index in [1.165, 1.54) is 11.1 Å². The predicted octanol–water partition coefficient (Wildman–Crippen LogP) is 3.13. The summed E-state index contributed by atoms with van der Waals surface area (Å²) in [6, 6.07) is 8.62. The summed E-state index contributed by atoms with van der Waals surface area (Å²) in [5.41, 5.74) is 9.31. The quantitative estimate of drug-likeness (QED) is 0.868. The van der Waals surface area contributed by atoms with Crippen LogP contribution in [0, 0.1) is 0 Å². The maximum absolute atomic E-state index is 6.66. The van der Waals surface area contributed by atoms with Crippen molar-refractivity contribution in [1.29, 1.82) is 0 Å². The van der Waals surface area contributed by atoms with Crippen molar-refractivity contribution in [3.05, 3.63) is 35.4 Å². The molecule has 0 radical (unpaired) electrons. The molecule has 2 nitrogen and oxygen atoms in total. The maximum atomic E-state index is 6.66. The second kappa shape index (κ2) is 4.07. The van der Waals surface area contributed by atoms with Crippen LogP contribution < -0.4 is 5.73 Å². The Morgan fingerprint density at radius 2 is 2.06 bits per heavy atom. The molecule has 98 valence electrons. The van der Waals surface area contributed by atoms with E-state index in [-0.39, 0.29) is 11.1 Å². The maximum Gasteiger partial charge on any atom is 0.0631 e. The van der Waals surface area contributed by atoms with Crippen molar-refractivity contribution in [2.24, 2.45) is 5.73 Å². The Bertz CT molecular complexity index is 454. The van der Waals surface area contributed by atoms with Crippen LogP contribution in [0.25, 0.3) is 0 Å². The van der Waals surface area contributed by atoms with Crippen molar-refractivity contribution in [2.45, 2.75) is 63.2 Å². The van der Waals surface area contributed by atoms with Gasteiger partial charge in [-0.1, -0.05) is 24.3 Å². The summed E-state index contributed by atoms with van der Waals surface area (Å²) in [5, 5.41) is 0. The molecule has 2 aliphatic rings. The van der Waals surface area contributed by atoms with Gasteiger partial charge in [0.2, 0.25) is 0 Å². The number of hydrogen-bond donors (Lipinski definition) is 1. The van der Waals surface area contributed by atoms with Crippen molar-refractivity contribution >= 4 is 0 Å². The summed E-state index contributed by atoms with van der Waals surface area (Å²) in [5.74, 6) is 0. The highest BCUT2D eigenvalue weighted by Crippen LogP contribution is 2.42. The van der Waals surface area contributed by atoms with E-state index in [0.717, 1.165) is 32.1 Å². The first-order chi connectivity index (χ1) is 8.49. The topological polar surface area (TPSA) is 35.2 Å². The number of hydrogen-bond acceptors (Lipinski definition) is 2. The molecule has 1 aliphatic heterocycles. The molecule has 1 aromatic carbocycles. The molecule has 0 amide bonds. The summed E-state index contributed by atoms with van der Waals surface area (Å²) in [6.07, 6.45) is 5.77. The van der Waals surface area contributed by atoms with E-state index in [1.807, 2.05) is 0 Å². The fourth-order valence-electron chi connectivity index (χ4n) is 3.56. The van der Waals surface area contributed by atoms with E-state index >= 15 is 0 Å². The van der Waals surface area contributed by atoms with Gasteiger partial charge in [0.1, 0.15) is 0 Å². The Kier molecular flexibility index (Phi) is 2.76. The molecule has 18 heavy (non-hydrogen) atoms. The molecule has 2 heteroatoms. The average Bonchev–Trinajstić information content (AvgIpc) is 2.82. The molecule has 1 aromatic rings. The first kappa shape index (κ1) is 12.2. The summed E-state index contributed by atoms with van der Waals surface area (Å²) in [6.45, 7) is 4.36. The van der Waals surface area contributed by atoms with Gasteiger partial charge in [0, 0.05) is 5.54 Å². The summed E-state index contributed by atoms with van der Waals surface area (Å²) in [7, 11) is 0. The van der Waals surface area contributed by atoms with Gasteiger partial charge in [0.05, 0.1) is 11.7 Å². The van der Waals surface area contributed by atoms with Crippen LogP contribution in [-0.4, -0.2) is 11.7 Å². The van der Waals surface area contributed by atoms with Crippen molar-refractivity contribution < 1.29 is 4.74 Å². The molecule has 2 atom stereocenters. The minimum atomic E-state index is -0.165. The molecule has 3 rings (SSSR count). The van der Waals surface area contributed by atoms with Crippen LogP contribution in [0.1, 0.15) is 50.7 Å². The average molecular weight is 245 g/mol. The van der Waals surface area contributed by atoms with Crippen molar-refractivity contribution in [3.8, 4) is 0 Å². The second-order valence-electron chi connectivity index (χ2n) is 6.56. The molecule has 0 bridgehead atoms. The van der Waals surface area contributed by atoms with Crippen LogP contribution in [0.2, 0.25) is 0 Å². The number of rotatable bonds is 2. The van der Waals surface area contributed by atoms with Crippen molar-refractivity contribution in [1.82, 2.24) is 0 Å². The molecule has 1 fully saturated rings. The summed E-state index contributed by atoms with van der Waals surface area (Å²) < 4.78 is 6.11. The Hall–Kier alpha value is -0.860. The smallest absolute Gasteiger partial charge is 0.0631 e. The first-order valence-corrected chi connectivity index (χ1v) is 7.04. The number of benzene rings is 1. The van der Waals surface area contributed by atoms with E-state index in [1.54, 1.807) is 0 Å². The van der Waals surface area contributed by atoms with Crippen molar-refractivity contribution in [3.63, 3.8) is 0 Å². The number of nitrogens with two attached hydrogens (primary N) is 1. The molecular formula is C16H23NO. The van der Waals surface area contributed by atoms with Gasteiger partial charge in [-0.3, -0.25) is 0 Å². The van der Waals surface area contributed by atoms with Gasteiger partial charge >= 0.3 is 0 Å². The van der Waals surface area contributed by atoms with E-state index in [4.69, 9.17) is 10.5 Å². The van der Waals surface area contributed by atoms with Gasteiger partial charge in [0.15, 0.2) is 0 Å². The van der Waals surface area contributed by atoms with Crippen molar-refractivity contribution in [2.75, 3.05) is 0 Å². The standard InChI is InChI=1S/C16H23NO/c1-15(2)9-8-13(18-15)11-16(17)10-7-12-5-3-4-6-14(12)16/h3-6,13H,7-11,17H2,1-2H3. The van der Waals surface area contributed by atoms with Gasteiger partial charge in [-0.15, -0.1) is 0 Å². The lowest BCUT2D eigenvalue weighted by Gasteiger charge is -2.29.